The van der Waals surface area contributed by atoms with Crippen LogP contribution in [0.15, 0.2) is 79.3 Å². The summed E-state index contributed by atoms with van der Waals surface area (Å²) in [5.74, 6) is 0.341. The first-order chi connectivity index (χ1) is 18.5. The van der Waals surface area contributed by atoms with E-state index in [2.05, 4.69) is 83.2 Å². The number of aromatic nitrogens is 2. The van der Waals surface area contributed by atoms with Crippen molar-refractivity contribution in [1.82, 2.24) is 19.2 Å². The van der Waals surface area contributed by atoms with Crippen molar-refractivity contribution in [3.8, 4) is 6.07 Å². The maximum Gasteiger partial charge on any atom is 0.226 e. The van der Waals surface area contributed by atoms with Gasteiger partial charge in [-0.2, -0.15) is 5.26 Å². The first kappa shape index (κ1) is 27.4. The summed E-state index contributed by atoms with van der Waals surface area (Å²) < 4.78 is 4.34. The molecule has 0 radical (unpaired) electrons. The van der Waals surface area contributed by atoms with Crippen LogP contribution in [0.1, 0.15) is 42.7 Å². The van der Waals surface area contributed by atoms with Gasteiger partial charge in [-0.15, -0.1) is 0 Å². The van der Waals surface area contributed by atoms with Crippen LogP contribution in [-0.2, 0) is 24.3 Å². The lowest BCUT2D eigenvalue weighted by Crippen LogP contribution is -2.46. The number of nitrogens with one attached hydrogen (secondary N) is 1. The number of nitriles is 1. The molecule has 0 bridgehead atoms. The SMILES string of the molecule is CCC(C)C(CN(Cc1cccc2ccccc12)SC)NC(=O)Cc1cncn1Cc1ccc(C#N)cc1. The van der Waals surface area contributed by atoms with Crippen LogP contribution in [0.4, 0.5) is 0 Å². The van der Waals surface area contributed by atoms with Crippen LogP contribution in [0.5, 0.6) is 0 Å². The van der Waals surface area contributed by atoms with Crippen LogP contribution in [0.3, 0.4) is 0 Å². The predicted octanol–water partition coefficient (Wildman–Crippen LogP) is 5.81. The number of benzene rings is 3. The molecule has 0 aliphatic heterocycles. The Morgan fingerprint density at radius 2 is 1.89 bits per heavy atom. The molecule has 6 nitrogen and oxygen atoms in total. The molecule has 1 heterocycles. The van der Waals surface area contributed by atoms with Crippen LogP contribution < -0.4 is 5.32 Å². The second kappa shape index (κ2) is 13.3. The number of rotatable bonds is 12. The third kappa shape index (κ3) is 7.03. The second-order valence-electron chi connectivity index (χ2n) is 9.70. The van der Waals surface area contributed by atoms with Crippen molar-refractivity contribution in [2.75, 3.05) is 12.8 Å². The summed E-state index contributed by atoms with van der Waals surface area (Å²) in [5.41, 5.74) is 3.85. The van der Waals surface area contributed by atoms with E-state index in [1.165, 1.54) is 16.3 Å². The summed E-state index contributed by atoms with van der Waals surface area (Å²) in [7, 11) is 0. The molecular weight excluding hydrogens is 490 g/mol. The molecule has 0 saturated heterocycles. The molecule has 0 fully saturated rings. The van der Waals surface area contributed by atoms with Gasteiger partial charge < -0.3 is 9.88 Å². The zero-order valence-electron chi connectivity index (χ0n) is 22.3. The first-order valence-electron chi connectivity index (χ1n) is 13.0. The fourth-order valence-corrected chi connectivity index (χ4v) is 5.22. The van der Waals surface area contributed by atoms with Gasteiger partial charge in [0.25, 0.3) is 0 Å². The lowest BCUT2D eigenvalue weighted by atomic mass is 9.98. The van der Waals surface area contributed by atoms with Crippen molar-refractivity contribution in [2.45, 2.75) is 45.8 Å². The molecule has 3 aromatic carbocycles. The summed E-state index contributed by atoms with van der Waals surface area (Å²) in [5, 5.41) is 14.9. The Kier molecular flexibility index (Phi) is 9.58. The van der Waals surface area contributed by atoms with E-state index in [4.69, 9.17) is 5.26 Å². The fourth-order valence-electron chi connectivity index (χ4n) is 4.64. The molecular formula is C31H35N5OS. The van der Waals surface area contributed by atoms with Crippen LogP contribution in [-0.4, -0.2) is 38.6 Å². The highest BCUT2D eigenvalue weighted by molar-refractivity contribution is 7.96. The minimum atomic E-state index is 0.00286. The number of amides is 1. The van der Waals surface area contributed by atoms with E-state index in [0.717, 1.165) is 30.8 Å². The van der Waals surface area contributed by atoms with Crippen LogP contribution in [0, 0.1) is 17.2 Å². The molecule has 0 saturated carbocycles. The quantitative estimate of drug-likeness (QED) is 0.236. The van der Waals surface area contributed by atoms with Gasteiger partial charge in [0.15, 0.2) is 0 Å². The number of hydrogen-bond acceptors (Lipinski definition) is 5. The minimum absolute atomic E-state index is 0.00286. The van der Waals surface area contributed by atoms with Crippen molar-refractivity contribution in [2.24, 2.45) is 5.92 Å². The molecule has 196 valence electrons. The van der Waals surface area contributed by atoms with E-state index in [0.29, 0.717) is 18.0 Å². The Balaban J connectivity index is 1.42. The molecule has 1 amide bonds. The third-order valence-electron chi connectivity index (χ3n) is 7.14. The van der Waals surface area contributed by atoms with E-state index in [1.807, 2.05) is 28.8 Å². The molecule has 4 aromatic rings. The van der Waals surface area contributed by atoms with Gasteiger partial charge in [-0.3, -0.25) is 4.79 Å². The fraction of sp³-hybridized carbons (Fsp3) is 0.323. The highest BCUT2D eigenvalue weighted by Crippen LogP contribution is 2.23. The first-order valence-corrected chi connectivity index (χ1v) is 14.2. The van der Waals surface area contributed by atoms with Crippen molar-refractivity contribution in [3.63, 3.8) is 0 Å². The standard InChI is InChI=1S/C31H35N5OS/c1-4-23(2)30(21-36(38-3)20-27-10-7-9-26-8-5-6-11-29(26)27)34-31(37)16-28-18-33-22-35(28)19-25-14-12-24(17-32)13-15-25/h5-15,18,22-23,30H,4,16,19-21H2,1-3H3,(H,34,37). The predicted molar refractivity (Wildman–Crippen MR) is 155 cm³/mol. The number of hydrogen-bond donors (Lipinski definition) is 1. The van der Waals surface area contributed by atoms with E-state index >= 15 is 0 Å². The lowest BCUT2D eigenvalue weighted by molar-refractivity contribution is -0.121. The van der Waals surface area contributed by atoms with Gasteiger partial charge in [-0.05, 0) is 46.2 Å². The Labute approximate surface area is 229 Å². The molecule has 38 heavy (non-hydrogen) atoms. The molecule has 0 aliphatic rings. The second-order valence-corrected chi connectivity index (χ2v) is 10.6. The molecule has 0 spiro atoms. The normalized spacial score (nSPS) is 12.8. The molecule has 4 rings (SSSR count). The molecule has 1 aromatic heterocycles. The number of nitrogens with zero attached hydrogens (tertiary/aromatic N) is 4. The molecule has 2 unspecified atom stereocenters. The maximum absolute atomic E-state index is 13.2. The highest BCUT2D eigenvalue weighted by Gasteiger charge is 2.22. The van der Waals surface area contributed by atoms with E-state index in [1.54, 1.807) is 24.5 Å². The monoisotopic (exact) mass is 525 g/mol. The Morgan fingerprint density at radius 3 is 2.63 bits per heavy atom. The smallest absolute Gasteiger partial charge is 0.226 e. The van der Waals surface area contributed by atoms with Gasteiger partial charge in [-0.1, -0.05) is 86.8 Å². The van der Waals surface area contributed by atoms with E-state index in [-0.39, 0.29) is 18.4 Å². The maximum atomic E-state index is 13.2. The zero-order chi connectivity index (χ0) is 26.9. The highest BCUT2D eigenvalue weighted by atomic mass is 32.2. The number of imidazole rings is 1. The largest absolute Gasteiger partial charge is 0.351 e. The molecule has 0 aliphatic carbocycles. The summed E-state index contributed by atoms with van der Waals surface area (Å²) in [6.07, 6.45) is 6.87. The summed E-state index contributed by atoms with van der Waals surface area (Å²) in [4.78, 5) is 17.5. The summed E-state index contributed by atoms with van der Waals surface area (Å²) in [6.45, 7) is 6.55. The minimum Gasteiger partial charge on any atom is -0.351 e. The van der Waals surface area contributed by atoms with Crippen molar-refractivity contribution < 1.29 is 4.79 Å². The average molecular weight is 526 g/mol. The topological polar surface area (TPSA) is 74.0 Å². The number of carbonyl (C=O) groups is 1. The lowest BCUT2D eigenvalue weighted by Gasteiger charge is -2.30. The van der Waals surface area contributed by atoms with E-state index in [9.17, 15) is 4.79 Å². The summed E-state index contributed by atoms with van der Waals surface area (Å²) >= 11 is 1.72. The third-order valence-corrected chi connectivity index (χ3v) is 7.93. The van der Waals surface area contributed by atoms with Gasteiger partial charge in [0.05, 0.1) is 24.4 Å². The Bertz CT molecular complexity index is 1390. The number of fused-ring (bicyclic) bond motifs is 1. The molecule has 7 heteroatoms. The van der Waals surface area contributed by atoms with Crippen LogP contribution >= 0.6 is 11.9 Å². The molecule has 2 atom stereocenters. The average Bonchev–Trinajstić information content (AvgIpc) is 3.38. The zero-order valence-corrected chi connectivity index (χ0v) is 23.1. The Hall–Kier alpha value is -3.60. The van der Waals surface area contributed by atoms with Crippen molar-refractivity contribution >= 4 is 28.6 Å². The van der Waals surface area contributed by atoms with Gasteiger partial charge in [0.1, 0.15) is 0 Å². The van der Waals surface area contributed by atoms with E-state index < -0.39 is 0 Å². The van der Waals surface area contributed by atoms with Crippen LogP contribution in [0.2, 0.25) is 0 Å². The van der Waals surface area contributed by atoms with Gasteiger partial charge in [0, 0.05) is 37.6 Å². The Morgan fingerprint density at radius 1 is 1.13 bits per heavy atom. The van der Waals surface area contributed by atoms with Gasteiger partial charge in [0.2, 0.25) is 5.91 Å². The summed E-state index contributed by atoms with van der Waals surface area (Å²) in [6, 6.07) is 24.6. The van der Waals surface area contributed by atoms with Crippen molar-refractivity contribution in [3.05, 3.63) is 102 Å². The van der Waals surface area contributed by atoms with Gasteiger partial charge in [-0.25, -0.2) is 9.29 Å². The van der Waals surface area contributed by atoms with Crippen molar-refractivity contribution in [1.29, 1.82) is 5.26 Å². The number of carbonyl (C=O) groups excluding carboxylic acids is 1. The molecule has 1 N–H and O–H groups in total. The van der Waals surface area contributed by atoms with Crippen LogP contribution in [0.25, 0.3) is 10.8 Å². The van der Waals surface area contributed by atoms with Gasteiger partial charge >= 0.3 is 0 Å².